The lowest BCUT2D eigenvalue weighted by atomic mass is 9.73. The second-order valence-electron chi connectivity index (χ2n) is 10.9. The van der Waals surface area contributed by atoms with Crippen LogP contribution >= 0.6 is 0 Å². The molecule has 2 aromatic carbocycles. The smallest absolute Gasteiger partial charge is 0.335 e. The molecular weight excluding hydrogens is 460 g/mol. The van der Waals surface area contributed by atoms with Crippen LogP contribution in [0.4, 0.5) is 0 Å². The number of unbranched alkanes of at least 4 members (excludes halogenated alkanes) is 4. The number of fused-ring (bicyclic) bond motifs is 1. The van der Waals surface area contributed by atoms with Crippen molar-refractivity contribution in [3.05, 3.63) is 59.2 Å². The number of esters is 1. The van der Waals surface area contributed by atoms with Crippen LogP contribution in [0.15, 0.2) is 42.5 Å². The van der Waals surface area contributed by atoms with E-state index < -0.39 is 5.97 Å². The van der Waals surface area contributed by atoms with Gasteiger partial charge in [0.2, 0.25) is 0 Å². The van der Waals surface area contributed by atoms with Crippen molar-refractivity contribution in [3.8, 4) is 0 Å². The van der Waals surface area contributed by atoms with Crippen LogP contribution in [0.25, 0.3) is 10.8 Å². The number of hydrogen-bond donors (Lipinski definition) is 1. The molecule has 0 aliphatic heterocycles. The van der Waals surface area contributed by atoms with Crippen LogP contribution in [0.5, 0.6) is 0 Å². The quantitative estimate of drug-likeness (QED) is 0.153. The molecule has 37 heavy (non-hydrogen) atoms. The molecule has 0 heterocycles. The molecule has 1 aliphatic rings. The Kier molecular flexibility index (Phi) is 12.1. The SMILES string of the molecule is C=C(CO)C(=O)OCC(COC)C1CCC(c2cc3ccc(CCCCCCC)cc3cc2CC)CC1. The van der Waals surface area contributed by atoms with Gasteiger partial charge in [0.05, 0.1) is 25.4 Å². The van der Waals surface area contributed by atoms with Crippen molar-refractivity contribution in [3.63, 3.8) is 0 Å². The summed E-state index contributed by atoms with van der Waals surface area (Å²) < 4.78 is 10.9. The fraction of sp³-hybridized carbons (Fsp3) is 0.606. The summed E-state index contributed by atoms with van der Waals surface area (Å²) in [5.74, 6) is 0.704. The summed E-state index contributed by atoms with van der Waals surface area (Å²) in [6.07, 6.45) is 13.4. The minimum Gasteiger partial charge on any atom is -0.462 e. The molecule has 1 N–H and O–H groups in total. The normalized spacial score (nSPS) is 18.6. The Morgan fingerprint density at radius 3 is 2.43 bits per heavy atom. The van der Waals surface area contributed by atoms with Crippen molar-refractivity contribution in [2.45, 2.75) is 90.4 Å². The zero-order valence-electron chi connectivity index (χ0n) is 23.4. The Bertz CT molecular complexity index is 1000. The molecule has 1 atom stereocenters. The van der Waals surface area contributed by atoms with Crippen LogP contribution in [0, 0.1) is 11.8 Å². The van der Waals surface area contributed by atoms with Gasteiger partial charge in [-0.25, -0.2) is 4.79 Å². The van der Waals surface area contributed by atoms with Gasteiger partial charge in [0.25, 0.3) is 0 Å². The van der Waals surface area contributed by atoms with Gasteiger partial charge in [0.1, 0.15) is 0 Å². The molecule has 4 heteroatoms. The summed E-state index contributed by atoms with van der Waals surface area (Å²) in [5.41, 5.74) is 4.57. The fourth-order valence-corrected chi connectivity index (χ4v) is 5.97. The van der Waals surface area contributed by atoms with Crippen LogP contribution in [0.3, 0.4) is 0 Å². The van der Waals surface area contributed by atoms with Gasteiger partial charge in [-0.05, 0) is 84.2 Å². The maximum atomic E-state index is 12.0. The maximum Gasteiger partial charge on any atom is 0.335 e. The third-order valence-corrected chi connectivity index (χ3v) is 8.28. The summed E-state index contributed by atoms with van der Waals surface area (Å²) in [4.78, 5) is 12.0. The van der Waals surface area contributed by atoms with Crippen molar-refractivity contribution < 1.29 is 19.4 Å². The van der Waals surface area contributed by atoms with Gasteiger partial charge in [0, 0.05) is 13.0 Å². The predicted molar refractivity (Wildman–Crippen MR) is 153 cm³/mol. The van der Waals surface area contributed by atoms with Crippen molar-refractivity contribution in [1.82, 2.24) is 0 Å². The van der Waals surface area contributed by atoms with Gasteiger partial charge in [-0.1, -0.05) is 76.4 Å². The molecule has 0 saturated heterocycles. The molecule has 0 amide bonds. The fourth-order valence-electron chi connectivity index (χ4n) is 5.97. The first-order valence-corrected chi connectivity index (χ1v) is 14.5. The first-order valence-electron chi connectivity index (χ1n) is 14.5. The minimum absolute atomic E-state index is 0.0994. The van der Waals surface area contributed by atoms with E-state index in [0.29, 0.717) is 25.0 Å². The number of aryl methyl sites for hydroxylation is 2. The van der Waals surface area contributed by atoms with Gasteiger partial charge < -0.3 is 14.6 Å². The van der Waals surface area contributed by atoms with Crippen LogP contribution in [0.2, 0.25) is 0 Å². The van der Waals surface area contributed by atoms with Crippen molar-refractivity contribution in [2.75, 3.05) is 26.9 Å². The molecule has 1 saturated carbocycles. The lowest BCUT2D eigenvalue weighted by molar-refractivity contribution is -0.142. The molecule has 4 nitrogen and oxygen atoms in total. The molecule has 1 fully saturated rings. The van der Waals surface area contributed by atoms with Gasteiger partial charge in [0.15, 0.2) is 0 Å². The standard InChI is InChI=1S/C33H48O4/c1-5-7-8-9-10-11-25-12-13-29-20-32(26(6-2)19-30(29)18-25)28-16-14-27(15-17-28)31(22-36-4)23-37-33(35)24(3)21-34/h12-13,18-20,27-28,31,34H,3,5-11,14-17,21-23H2,1-2,4H3. The van der Waals surface area contributed by atoms with Crippen molar-refractivity contribution >= 4 is 16.7 Å². The Hall–Kier alpha value is -2.17. The number of carbonyl (C=O) groups is 1. The van der Waals surface area contributed by atoms with Gasteiger partial charge >= 0.3 is 5.97 Å². The molecule has 0 spiro atoms. The number of carbonyl (C=O) groups excluding carboxylic acids is 1. The third-order valence-electron chi connectivity index (χ3n) is 8.28. The van der Waals surface area contributed by atoms with Crippen LogP contribution in [0.1, 0.15) is 94.2 Å². The third kappa shape index (κ3) is 8.41. The van der Waals surface area contributed by atoms with E-state index in [-0.39, 0.29) is 18.1 Å². The van der Waals surface area contributed by atoms with Crippen LogP contribution < -0.4 is 0 Å². The molecule has 2 aromatic rings. The van der Waals surface area contributed by atoms with E-state index in [0.717, 1.165) is 32.1 Å². The second kappa shape index (κ2) is 15.3. The highest BCUT2D eigenvalue weighted by molar-refractivity contribution is 5.88. The van der Waals surface area contributed by atoms with E-state index in [1.165, 1.54) is 66.0 Å². The van der Waals surface area contributed by atoms with E-state index in [1.807, 2.05) is 0 Å². The summed E-state index contributed by atoms with van der Waals surface area (Å²) in [5, 5.41) is 11.9. The molecule has 1 unspecified atom stereocenters. The van der Waals surface area contributed by atoms with E-state index >= 15 is 0 Å². The zero-order chi connectivity index (χ0) is 26.6. The largest absolute Gasteiger partial charge is 0.462 e. The minimum atomic E-state index is -0.513. The molecule has 0 bridgehead atoms. The Balaban J connectivity index is 1.63. The van der Waals surface area contributed by atoms with E-state index in [4.69, 9.17) is 14.6 Å². The summed E-state index contributed by atoms with van der Waals surface area (Å²) >= 11 is 0. The molecular formula is C33H48O4. The summed E-state index contributed by atoms with van der Waals surface area (Å²) in [6, 6.07) is 12.0. The van der Waals surface area contributed by atoms with Crippen molar-refractivity contribution in [2.24, 2.45) is 11.8 Å². The maximum absolute atomic E-state index is 12.0. The van der Waals surface area contributed by atoms with Crippen molar-refractivity contribution in [1.29, 1.82) is 0 Å². The zero-order valence-corrected chi connectivity index (χ0v) is 23.4. The number of hydrogen-bond acceptors (Lipinski definition) is 4. The first-order chi connectivity index (χ1) is 18.0. The number of aliphatic hydroxyl groups is 1. The Morgan fingerprint density at radius 1 is 1.00 bits per heavy atom. The highest BCUT2D eigenvalue weighted by Crippen LogP contribution is 2.41. The number of benzene rings is 2. The lowest BCUT2D eigenvalue weighted by Crippen LogP contribution is -2.29. The number of methoxy groups -OCH3 is 1. The molecule has 0 aromatic heterocycles. The van der Waals surface area contributed by atoms with Gasteiger partial charge in [-0.15, -0.1) is 0 Å². The van der Waals surface area contributed by atoms with E-state index in [2.05, 4.69) is 50.8 Å². The van der Waals surface area contributed by atoms with E-state index in [1.54, 1.807) is 7.11 Å². The number of rotatable bonds is 15. The lowest BCUT2D eigenvalue weighted by Gasteiger charge is -2.34. The van der Waals surface area contributed by atoms with Gasteiger partial charge in [-0.2, -0.15) is 0 Å². The second-order valence-corrected chi connectivity index (χ2v) is 10.9. The summed E-state index contributed by atoms with van der Waals surface area (Å²) in [6.45, 7) is 8.63. The monoisotopic (exact) mass is 508 g/mol. The molecule has 1 aliphatic carbocycles. The Labute approximate surface area is 224 Å². The predicted octanol–water partition coefficient (Wildman–Crippen LogP) is 7.54. The topological polar surface area (TPSA) is 55.8 Å². The number of ether oxygens (including phenoxy) is 2. The molecule has 204 valence electrons. The highest BCUT2D eigenvalue weighted by atomic mass is 16.5. The van der Waals surface area contributed by atoms with Crippen LogP contribution in [-0.4, -0.2) is 38.0 Å². The Morgan fingerprint density at radius 2 is 1.76 bits per heavy atom. The van der Waals surface area contributed by atoms with Crippen LogP contribution in [-0.2, 0) is 27.1 Å². The van der Waals surface area contributed by atoms with Gasteiger partial charge in [-0.3, -0.25) is 0 Å². The average Bonchev–Trinajstić information content (AvgIpc) is 2.93. The molecule has 0 radical (unpaired) electrons. The summed E-state index contributed by atoms with van der Waals surface area (Å²) in [7, 11) is 1.70. The highest BCUT2D eigenvalue weighted by Gasteiger charge is 2.30. The molecule has 3 rings (SSSR count). The average molecular weight is 509 g/mol. The number of aliphatic hydroxyl groups excluding tert-OH is 1. The first kappa shape index (κ1) is 29.4. The van der Waals surface area contributed by atoms with E-state index in [9.17, 15) is 4.79 Å².